The summed E-state index contributed by atoms with van der Waals surface area (Å²) in [7, 11) is 0. The quantitative estimate of drug-likeness (QED) is 0.0758. The molecule has 0 aliphatic carbocycles. The predicted octanol–water partition coefficient (Wildman–Crippen LogP) is 4.60. The maximum atomic E-state index is 14.3. The van der Waals surface area contributed by atoms with Gasteiger partial charge in [0.2, 0.25) is 17.7 Å². The second kappa shape index (κ2) is 21.5. The van der Waals surface area contributed by atoms with Crippen molar-refractivity contribution in [1.29, 1.82) is 0 Å². The van der Waals surface area contributed by atoms with Crippen LogP contribution in [0.1, 0.15) is 63.8 Å². The molecule has 0 fully saturated rings. The van der Waals surface area contributed by atoms with Crippen molar-refractivity contribution in [2.45, 2.75) is 96.7 Å². The Balaban J connectivity index is 1.58. The Labute approximate surface area is 323 Å². The number of nitrogens with one attached hydrogen (secondary N) is 4. The van der Waals surface area contributed by atoms with Crippen molar-refractivity contribution in [3.63, 3.8) is 0 Å². The standard InChI is InChI=1S/C43H55N5O7/c1-5-28(3)37(26-49)45-39(51)25-38(50)40(29(4)6-2)48-42(53)36(24-33-20-12-13-22-44-33)46-41(52)35(47-43(54)55-27-30-15-8-7-9-16-30)23-32-19-14-18-31-17-10-11-21-34(31)32/h7-22,28-29,35-38,40,49-50H,5-6,23-27H2,1-4H3,(H,45,51)(H,46,52)(H,47,54)(H,48,53)/t28?,29?,35-,36-,37+,38?,40?/m0/s1. The molecule has 7 atom stereocenters. The lowest BCUT2D eigenvalue weighted by atomic mass is 9.91. The topological polar surface area (TPSA) is 179 Å². The number of alkyl carbamates (subject to hydrolysis) is 1. The first-order valence-corrected chi connectivity index (χ1v) is 19.1. The number of nitrogens with zero attached hydrogens (tertiary/aromatic N) is 1. The van der Waals surface area contributed by atoms with E-state index in [4.69, 9.17) is 4.74 Å². The number of hydrogen-bond donors (Lipinski definition) is 6. The van der Waals surface area contributed by atoms with E-state index in [-0.39, 0.29) is 44.3 Å². The summed E-state index contributed by atoms with van der Waals surface area (Å²) >= 11 is 0. The summed E-state index contributed by atoms with van der Waals surface area (Å²) in [6.45, 7) is 7.41. The monoisotopic (exact) mass is 753 g/mol. The SMILES string of the molecule is CCC(C)C(NC(=O)[C@H](Cc1ccccn1)NC(=O)[C@H](Cc1cccc2ccccc12)NC(=O)OCc1ccccc1)C(O)CC(=O)N[C@H](CO)C(C)CC. The second-order valence-electron chi connectivity index (χ2n) is 14.1. The second-order valence-corrected chi connectivity index (χ2v) is 14.1. The number of pyridine rings is 1. The summed E-state index contributed by atoms with van der Waals surface area (Å²) < 4.78 is 5.49. The van der Waals surface area contributed by atoms with Gasteiger partial charge in [-0.05, 0) is 45.9 Å². The van der Waals surface area contributed by atoms with Crippen molar-refractivity contribution < 1.29 is 34.1 Å². The van der Waals surface area contributed by atoms with Crippen LogP contribution in [-0.2, 0) is 38.6 Å². The van der Waals surface area contributed by atoms with Crippen LogP contribution in [0.5, 0.6) is 0 Å². The maximum absolute atomic E-state index is 14.3. The first kappa shape index (κ1) is 42.4. The number of carbonyl (C=O) groups is 4. The average molecular weight is 754 g/mol. The third-order valence-corrected chi connectivity index (χ3v) is 10.1. The van der Waals surface area contributed by atoms with Crippen LogP contribution in [0.2, 0.25) is 0 Å². The van der Waals surface area contributed by atoms with Crippen molar-refractivity contribution in [2.75, 3.05) is 6.61 Å². The zero-order valence-corrected chi connectivity index (χ0v) is 32.1. The van der Waals surface area contributed by atoms with E-state index >= 15 is 0 Å². The van der Waals surface area contributed by atoms with E-state index in [9.17, 15) is 29.4 Å². The molecular formula is C43H55N5O7. The van der Waals surface area contributed by atoms with Crippen LogP contribution in [0.4, 0.5) is 4.79 Å². The predicted molar refractivity (Wildman–Crippen MR) is 212 cm³/mol. The van der Waals surface area contributed by atoms with Gasteiger partial charge in [-0.1, -0.05) is 119 Å². The molecule has 0 aliphatic rings. The van der Waals surface area contributed by atoms with Gasteiger partial charge in [0.05, 0.1) is 31.2 Å². The summed E-state index contributed by atoms with van der Waals surface area (Å²) in [6.07, 6.45) is 0.650. The molecule has 1 heterocycles. The molecule has 4 amide bonds. The molecular weight excluding hydrogens is 699 g/mol. The molecule has 0 aliphatic heterocycles. The lowest BCUT2D eigenvalue weighted by Gasteiger charge is -2.31. The Morgan fingerprint density at radius 1 is 0.727 bits per heavy atom. The van der Waals surface area contributed by atoms with Crippen LogP contribution in [0.15, 0.2) is 97.2 Å². The first-order chi connectivity index (χ1) is 26.5. The van der Waals surface area contributed by atoms with Crippen molar-refractivity contribution >= 4 is 34.6 Å². The first-order valence-electron chi connectivity index (χ1n) is 19.1. The van der Waals surface area contributed by atoms with Crippen molar-refractivity contribution in [3.05, 3.63) is 114 Å². The number of rotatable bonds is 20. The van der Waals surface area contributed by atoms with Crippen LogP contribution >= 0.6 is 0 Å². The molecule has 12 nitrogen and oxygen atoms in total. The van der Waals surface area contributed by atoms with Gasteiger partial charge in [0, 0.05) is 24.7 Å². The average Bonchev–Trinajstić information content (AvgIpc) is 3.20. The fourth-order valence-corrected chi connectivity index (χ4v) is 6.39. The molecule has 4 rings (SSSR count). The fourth-order valence-electron chi connectivity index (χ4n) is 6.39. The minimum absolute atomic E-state index is 0.00434. The Kier molecular flexibility index (Phi) is 16.6. The number of hydrogen-bond acceptors (Lipinski definition) is 8. The van der Waals surface area contributed by atoms with Gasteiger partial charge in [0.1, 0.15) is 18.7 Å². The molecule has 1 aromatic heterocycles. The molecule has 4 aromatic rings. The van der Waals surface area contributed by atoms with Gasteiger partial charge in [0.15, 0.2) is 0 Å². The van der Waals surface area contributed by atoms with E-state index in [1.165, 1.54) is 0 Å². The van der Waals surface area contributed by atoms with E-state index in [1.54, 1.807) is 24.4 Å². The van der Waals surface area contributed by atoms with Crippen LogP contribution in [0.3, 0.4) is 0 Å². The van der Waals surface area contributed by atoms with Gasteiger partial charge < -0.3 is 36.2 Å². The molecule has 0 radical (unpaired) electrons. The van der Waals surface area contributed by atoms with Gasteiger partial charge in [-0.25, -0.2) is 4.79 Å². The number of amides is 4. The third-order valence-electron chi connectivity index (χ3n) is 10.1. The maximum Gasteiger partial charge on any atom is 0.408 e. The van der Waals surface area contributed by atoms with E-state index in [1.807, 2.05) is 100 Å². The fraction of sp³-hybridized carbons (Fsp3) is 0.419. The molecule has 55 heavy (non-hydrogen) atoms. The van der Waals surface area contributed by atoms with Crippen LogP contribution in [0.25, 0.3) is 10.8 Å². The number of ether oxygens (including phenoxy) is 1. The van der Waals surface area contributed by atoms with E-state index in [2.05, 4.69) is 26.3 Å². The lowest BCUT2D eigenvalue weighted by Crippen LogP contribution is -2.58. The van der Waals surface area contributed by atoms with Gasteiger partial charge in [-0.3, -0.25) is 19.4 Å². The summed E-state index contributed by atoms with van der Waals surface area (Å²) in [5.41, 5.74) is 2.12. The Morgan fingerprint density at radius 3 is 2.07 bits per heavy atom. The number of fused-ring (bicyclic) bond motifs is 1. The Hall–Kier alpha value is -5.33. The summed E-state index contributed by atoms with van der Waals surface area (Å²) in [6, 6.07) is 24.3. The van der Waals surface area contributed by atoms with E-state index in [0.717, 1.165) is 28.3 Å². The molecule has 0 saturated heterocycles. The van der Waals surface area contributed by atoms with Crippen molar-refractivity contribution in [1.82, 2.24) is 26.3 Å². The molecule has 0 bridgehead atoms. The molecule has 4 unspecified atom stereocenters. The molecule has 0 saturated carbocycles. The molecule has 12 heteroatoms. The number of aliphatic hydroxyl groups excluding tert-OH is 2. The van der Waals surface area contributed by atoms with Gasteiger partial charge in [-0.2, -0.15) is 0 Å². The molecule has 0 spiro atoms. The highest BCUT2D eigenvalue weighted by atomic mass is 16.5. The smallest absolute Gasteiger partial charge is 0.408 e. The van der Waals surface area contributed by atoms with Crippen LogP contribution in [-0.4, -0.2) is 75.9 Å². The molecule has 6 N–H and O–H groups in total. The number of aliphatic hydroxyl groups is 2. The summed E-state index contributed by atoms with van der Waals surface area (Å²) in [5, 5.41) is 34.3. The number of carbonyl (C=O) groups excluding carboxylic acids is 4. The van der Waals surface area contributed by atoms with Crippen LogP contribution in [0, 0.1) is 11.8 Å². The van der Waals surface area contributed by atoms with E-state index < -0.39 is 54.1 Å². The van der Waals surface area contributed by atoms with Crippen molar-refractivity contribution in [3.8, 4) is 0 Å². The zero-order valence-electron chi connectivity index (χ0n) is 32.1. The zero-order chi connectivity index (χ0) is 39.7. The Bertz CT molecular complexity index is 1820. The highest BCUT2D eigenvalue weighted by Gasteiger charge is 2.33. The van der Waals surface area contributed by atoms with Gasteiger partial charge in [-0.15, -0.1) is 0 Å². The summed E-state index contributed by atoms with van der Waals surface area (Å²) in [4.78, 5) is 59.0. The lowest BCUT2D eigenvalue weighted by molar-refractivity contribution is -0.131. The van der Waals surface area contributed by atoms with Gasteiger partial charge in [0.25, 0.3) is 0 Å². The number of aromatic nitrogens is 1. The minimum atomic E-state index is -1.26. The number of benzene rings is 3. The van der Waals surface area contributed by atoms with Crippen LogP contribution < -0.4 is 21.3 Å². The minimum Gasteiger partial charge on any atom is -0.445 e. The Morgan fingerprint density at radius 2 is 1.38 bits per heavy atom. The largest absolute Gasteiger partial charge is 0.445 e. The normalized spacial score (nSPS) is 15.0. The van der Waals surface area contributed by atoms with E-state index in [0.29, 0.717) is 12.1 Å². The summed E-state index contributed by atoms with van der Waals surface area (Å²) in [5.74, 6) is -1.89. The highest BCUT2D eigenvalue weighted by molar-refractivity contribution is 5.93. The highest BCUT2D eigenvalue weighted by Crippen LogP contribution is 2.21. The van der Waals surface area contributed by atoms with Crippen molar-refractivity contribution in [2.24, 2.45) is 11.8 Å². The third kappa shape index (κ3) is 12.9. The molecule has 294 valence electrons. The molecule has 3 aromatic carbocycles. The van der Waals surface area contributed by atoms with Gasteiger partial charge >= 0.3 is 6.09 Å².